The number of imidazole rings is 1. The molecule has 0 N–H and O–H groups in total. The summed E-state index contributed by atoms with van der Waals surface area (Å²) in [5.41, 5.74) is 9.80. The highest BCUT2D eigenvalue weighted by atomic mass is 28.3. The minimum atomic E-state index is -2.69. The third kappa shape index (κ3) is 4.01. The van der Waals surface area contributed by atoms with Crippen LogP contribution >= 0.6 is 0 Å². The van der Waals surface area contributed by atoms with Gasteiger partial charge in [-0.1, -0.05) is 97.1 Å². The van der Waals surface area contributed by atoms with Crippen molar-refractivity contribution in [2.45, 2.75) is 0 Å². The third-order valence-electron chi connectivity index (χ3n) is 8.97. The summed E-state index contributed by atoms with van der Waals surface area (Å²) < 4.78 is 2.41. The first-order chi connectivity index (χ1) is 22.8. The minimum absolute atomic E-state index is 0.805. The van der Waals surface area contributed by atoms with Crippen molar-refractivity contribution in [3.05, 3.63) is 164 Å². The fraction of sp³-hybridized carbons (Fsp3) is 0. The molecule has 0 unspecified atom stereocenters. The van der Waals surface area contributed by atoms with Crippen molar-refractivity contribution in [1.82, 2.24) is 24.5 Å². The molecule has 8 aromatic rings. The molecule has 0 atom stereocenters. The molecule has 4 aromatic heterocycles. The molecule has 5 heterocycles. The van der Waals surface area contributed by atoms with Crippen LogP contribution in [0.3, 0.4) is 0 Å². The van der Waals surface area contributed by atoms with E-state index in [1.165, 1.54) is 21.2 Å². The van der Waals surface area contributed by atoms with Crippen molar-refractivity contribution in [3.63, 3.8) is 0 Å². The first kappa shape index (κ1) is 26.4. The molecule has 46 heavy (non-hydrogen) atoms. The highest BCUT2D eigenvalue weighted by Gasteiger charge is 2.51. The van der Waals surface area contributed by atoms with Crippen LogP contribution in [0.25, 0.3) is 50.6 Å². The zero-order chi connectivity index (χ0) is 30.5. The molecule has 0 saturated heterocycles. The zero-order valence-corrected chi connectivity index (χ0v) is 25.8. The van der Waals surface area contributed by atoms with Gasteiger partial charge in [0.2, 0.25) is 8.07 Å². The number of hydrogen-bond donors (Lipinski definition) is 0. The maximum absolute atomic E-state index is 5.55. The van der Waals surface area contributed by atoms with Gasteiger partial charge in [0.15, 0.2) is 0 Å². The first-order valence-electron chi connectivity index (χ1n) is 15.4. The third-order valence-corrected chi connectivity index (χ3v) is 13.6. The molecule has 4 aromatic carbocycles. The molecule has 1 aliphatic rings. The molecule has 0 spiro atoms. The molecule has 1 aliphatic heterocycles. The van der Waals surface area contributed by atoms with Gasteiger partial charge in [0.05, 0.1) is 33.8 Å². The minimum Gasteiger partial charge on any atom is -0.299 e. The molecule has 0 saturated carbocycles. The summed E-state index contributed by atoms with van der Waals surface area (Å²) >= 11 is 0. The molecule has 5 nitrogen and oxygen atoms in total. The van der Waals surface area contributed by atoms with Crippen LogP contribution < -0.4 is 21.0 Å². The van der Waals surface area contributed by atoms with Crippen LogP contribution in [-0.2, 0) is 0 Å². The average molecular weight is 606 g/mol. The lowest BCUT2D eigenvalue weighted by molar-refractivity contribution is 1.17. The zero-order valence-electron chi connectivity index (χ0n) is 24.8. The lowest BCUT2D eigenvalue weighted by Gasteiger charge is -2.28. The normalized spacial score (nSPS) is 13.0. The van der Waals surface area contributed by atoms with Crippen LogP contribution in [-0.4, -0.2) is 32.6 Å². The molecule has 0 fully saturated rings. The number of para-hydroxylation sites is 1. The molecular weight excluding hydrogens is 579 g/mol. The second-order valence-electron chi connectivity index (χ2n) is 11.5. The van der Waals surface area contributed by atoms with E-state index in [1.807, 2.05) is 36.4 Å². The van der Waals surface area contributed by atoms with Gasteiger partial charge in [0, 0.05) is 18.1 Å². The highest BCUT2D eigenvalue weighted by molar-refractivity contribution is 7.20. The Labute approximate surface area is 267 Å². The molecule has 0 radical (unpaired) electrons. The standard InChI is InChI=1S/C40H27N5Si/c1-3-13-30(14-4-1)46(31-15-5-2-6-16-31)39-20-8-7-19-38(39)45-37-22-21-28(25-36(37)44-40(45)46)29-26-34(32-17-9-11-23-41-32)43-35(27-29)33-18-10-12-24-42-33/h1-27H. The predicted molar refractivity (Wildman–Crippen MR) is 188 cm³/mol. The molecular formula is C40H27N5Si. The van der Waals surface area contributed by atoms with Crippen LogP contribution in [0.15, 0.2) is 164 Å². The lowest BCUT2D eigenvalue weighted by atomic mass is 10.0. The van der Waals surface area contributed by atoms with E-state index in [-0.39, 0.29) is 0 Å². The van der Waals surface area contributed by atoms with E-state index in [2.05, 4.69) is 130 Å². The van der Waals surface area contributed by atoms with Gasteiger partial charge in [-0.2, -0.15) is 0 Å². The molecule has 6 heteroatoms. The van der Waals surface area contributed by atoms with Crippen LogP contribution in [0, 0.1) is 0 Å². The van der Waals surface area contributed by atoms with E-state index in [0.29, 0.717) is 0 Å². The van der Waals surface area contributed by atoms with Crippen molar-refractivity contribution >= 4 is 40.1 Å². The maximum Gasteiger partial charge on any atom is 0.226 e. The SMILES string of the molecule is c1ccc([Si]2(c3ccccc3)c3ccccc3-n3c2nc2cc(-c4cc(-c5ccccn5)nc(-c5ccccn5)c4)ccc23)cc1. The highest BCUT2D eigenvalue weighted by Crippen LogP contribution is 2.32. The number of pyridine rings is 3. The van der Waals surface area contributed by atoms with Crippen molar-refractivity contribution in [2.75, 3.05) is 0 Å². The second-order valence-corrected chi connectivity index (χ2v) is 15.2. The fourth-order valence-electron chi connectivity index (χ4n) is 6.96. The monoisotopic (exact) mass is 605 g/mol. The summed E-state index contributed by atoms with van der Waals surface area (Å²) in [6, 6.07) is 53.5. The number of nitrogens with zero attached hydrogens (tertiary/aromatic N) is 5. The topological polar surface area (TPSA) is 56.5 Å². The summed E-state index contributed by atoms with van der Waals surface area (Å²) in [6.07, 6.45) is 3.60. The predicted octanol–water partition coefficient (Wildman–Crippen LogP) is 5.90. The summed E-state index contributed by atoms with van der Waals surface area (Å²) in [5.74, 6) is 0. The Morgan fingerprint density at radius 1 is 0.457 bits per heavy atom. The van der Waals surface area contributed by atoms with E-state index in [9.17, 15) is 0 Å². The Morgan fingerprint density at radius 2 is 1.04 bits per heavy atom. The van der Waals surface area contributed by atoms with Gasteiger partial charge in [-0.3, -0.25) is 14.5 Å². The van der Waals surface area contributed by atoms with E-state index in [1.54, 1.807) is 12.4 Å². The number of aromatic nitrogens is 5. The van der Waals surface area contributed by atoms with Gasteiger partial charge in [-0.25, -0.2) is 9.97 Å². The smallest absolute Gasteiger partial charge is 0.226 e. The number of rotatable bonds is 5. The summed E-state index contributed by atoms with van der Waals surface area (Å²) in [4.78, 5) is 19.7. The largest absolute Gasteiger partial charge is 0.299 e. The lowest BCUT2D eigenvalue weighted by Crippen LogP contribution is -2.73. The summed E-state index contributed by atoms with van der Waals surface area (Å²) in [6.45, 7) is 0. The number of fused-ring (bicyclic) bond motifs is 5. The van der Waals surface area contributed by atoms with Crippen LogP contribution in [0.5, 0.6) is 0 Å². The summed E-state index contributed by atoms with van der Waals surface area (Å²) in [7, 11) is -2.69. The Hall–Kier alpha value is -5.98. The van der Waals surface area contributed by atoms with Crippen molar-refractivity contribution in [2.24, 2.45) is 0 Å². The Bertz CT molecular complexity index is 2260. The molecule has 9 rings (SSSR count). The summed E-state index contributed by atoms with van der Waals surface area (Å²) in [5, 5.41) is 4.03. The van der Waals surface area contributed by atoms with Crippen molar-refractivity contribution in [1.29, 1.82) is 0 Å². The second kappa shape index (κ2) is 10.6. The van der Waals surface area contributed by atoms with E-state index >= 15 is 0 Å². The van der Waals surface area contributed by atoms with E-state index < -0.39 is 8.07 Å². The number of benzene rings is 4. The van der Waals surface area contributed by atoms with Gasteiger partial charge in [-0.15, -0.1) is 0 Å². The Kier molecular flexibility index (Phi) is 6.08. The maximum atomic E-state index is 5.55. The molecule has 216 valence electrons. The average Bonchev–Trinajstić information content (AvgIpc) is 3.66. The van der Waals surface area contributed by atoms with Crippen molar-refractivity contribution in [3.8, 4) is 39.6 Å². The molecule has 0 aliphatic carbocycles. The van der Waals surface area contributed by atoms with Gasteiger partial charge >= 0.3 is 0 Å². The molecule has 0 amide bonds. The van der Waals surface area contributed by atoms with Gasteiger partial charge in [0.25, 0.3) is 0 Å². The van der Waals surface area contributed by atoms with E-state index in [4.69, 9.17) is 9.97 Å². The van der Waals surface area contributed by atoms with Crippen molar-refractivity contribution < 1.29 is 0 Å². The van der Waals surface area contributed by atoms with Gasteiger partial charge in [-0.05, 0) is 81.3 Å². The van der Waals surface area contributed by atoms with Crippen LogP contribution in [0.1, 0.15) is 0 Å². The first-order valence-corrected chi connectivity index (χ1v) is 17.4. The van der Waals surface area contributed by atoms with Crippen LogP contribution in [0.2, 0.25) is 0 Å². The Morgan fingerprint density at radius 3 is 1.65 bits per heavy atom. The van der Waals surface area contributed by atoms with Crippen LogP contribution in [0.4, 0.5) is 0 Å². The Balaban J connectivity index is 1.28. The number of hydrogen-bond acceptors (Lipinski definition) is 4. The molecule has 0 bridgehead atoms. The fourth-order valence-corrected chi connectivity index (χ4v) is 11.8. The van der Waals surface area contributed by atoms with Gasteiger partial charge < -0.3 is 0 Å². The van der Waals surface area contributed by atoms with Gasteiger partial charge in [0.1, 0.15) is 5.45 Å². The quantitative estimate of drug-likeness (QED) is 0.229. The van der Waals surface area contributed by atoms with E-state index in [0.717, 1.165) is 50.4 Å².